The van der Waals surface area contributed by atoms with Gasteiger partial charge in [-0.15, -0.1) is 0 Å². The van der Waals surface area contributed by atoms with Gasteiger partial charge in [-0.25, -0.2) is 0 Å². The third kappa shape index (κ3) is 2.70. The average molecular weight is 256 g/mol. The molecule has 1 atom stereocenters. The van der Waals surface area contributed by atoms with Crippen LogP contribution in [-0.4, -0.2) is 18.8 Å². The quantitative estimate of drug-likeness (QED) is 0.910. The van der Waals surface area contributed by atoms with Gasteiger partial charge < -0.3 is 9.84 Å². The number of hydrogen-bond acceptors (Lipinski definition) is 2. The minimum absolute atomic E-state index is 0.236. The van der Waals surface area contributed by atoms with Gasteiger partial charge in [-0.2, -0.15) is 0 Å². The summed E-state index contributed by atoms with van der Waals surface area (Å²) in [5.41, 5.74) is 3.00. The normalized spacial score (nSPS) is 14.1. The Morgan fingerprint density at radius 3 is 2.21 bits per heavy atom. The second kappa shape index (κ2) is 5.55. The van der Waals surface area contributed by atoms with Crippen LogP contribution in [0.4, 0.5) is 0 Å². The van der Waals surface area contributed by atoms with Gasteiger partial charge in [0.25, 0.3) is 0 Å². The van der Waals surface area contributed by atoms with E-state index >= 15 is 0 Å². The van der Waals surface area contributed by atoms with Crippen LogP contribution < -0.4 is 0 Å². The van der Waals surface area contributed by atoms with E-state index in [4.69, 9.17) is 4.74 Å². The molecule has 0 fully saturated rings. The Labute approximate surface area is 114 Å². The van der Waals surface area contributed by atoms with Crippen LogP contribution in [0.1, 0.15) is 22.3 Å². The highest BCUT2D eigenvalue weighted by Gasteiger charge is 2.31. The smallest absolute Gasteiger partial charge is 0.138 e. The molecule has 0 aliphatic carbocycles. The van der Waals surface area contributed by atoms with E-state index in [2.05, 4.69) is 13.8 Å². The lowest BCUT2D eigenvalue weighted by atomic mass is 9.85. The van der Waals surface area contributed by atoms with E-state index in [0.29, 0.717) is 0 Å². The molecule has 0 radical (unpaired) electrons. The fourth-order valence-corrected chi connectivity index (χ4v) is 2.25. The first-order valence-corrected chi connectivity index (χ1v) is 6.42. The van der Waals surface area contributed by atoms with E-state index in [1.807, 2.05) is 48.5 Å². The van der Waals surface area contributed by atoms with Gasteiger partial charge in [-0.3, -0.25) is 0 Å². The summed E-state index contributed by atoms with van der Waals surface area (Å²) in [6.45, 7) is 4.35. The topological polar surface area (TPSA) is 29.5 Å². The fraction of sp³-hybridized carbons (Fsp3) is 0.294. The van der Waals surface area contributed by atoms with Crippen molar-refractivity contribution in [3.8, 4) is 0 Å². The maximum atomic E-state index is 11.0. The highest BCUT2D eigenvalue weighted by atomic mass is 16.5. The SMILES string of the molecule is COCC(O)(c1ccccc1)c1ccc(C)c(C)c1. The van der Waals surface area contributed by atoms with Crippen LogP contribution >= 0.6 is 0 Å². The second-order valence-electron chi connectivity index (χ2n) is 4.96. The van der Waals surface area contributed by atoms with Gasteiger partial charge >= 0.3 is 0 Å². The molecule has 1 N–H and O–H groups in total. The minimum atomic E-state index is -1.10. The van der Waals surface area contributed by atoms with Crippen molar-refractivity contribution >= 4 is 0 Å². The van der Waals surface area contributed by atoms with Crippen molar-refractivity contribution in [3.05, 3.63) is 70.8 Å². The Hall–Kier alpha value is -1.64. The Balaban J connectivity index is 2.52. The molecule has 2 aromatic carbocycles. The third-order valence-electron chi connectivity index (χ3n) is 3.59. The number of hydrogen-bond donors (Lipinski definition) is 1. The van der Waals surface area contributed by atoms with Crippen LogP contribution in [-0.2, 0) is 10.3 Å². The summed E-state index contributed by atoms with van der Waals surface area (Å²) in [5, 5.41) is 11.0. The molecule has 0 bridgehead atoms. The lowest BCUT2D eigenvalue weighted by Gasteiger charge is -2.29. The number of ether oxygens (including phenoxy) is 1. The van der Waals surface area contributed by atoms with E-state index in [1.54, 1.807) is 7.11 Å². The van der Waals surface area contributed by atoms with Crippen molar-refractivity contribution in [2.75, 3.05) is 13.7 Å². The van der Waals surface area contributed by atoms with Gasteiger partial charge in [0.15, 0.2) is 0 Å². The summed E-state index contributed by atoms with van der Waals surface area (Å²) in [6.07, 6.45) is 0. The molecule has 0 spiro atoms. The summed E-state index contributed by atoms with van der Waals surface area (Å²) in [5.74, 6) is 0. The van der Waals surface area contributed by atoms with Gasteiger partial charge in [-0.1, -0.05) is 48.5 Å². The molecule has 100 valence electrons. The molecule has 0 heterocycles. The molecule has 0 aromatic heterocycles. The maximum Gasteiger partial charge on any atom is 0.138 e. The van der Waals surface area contributed by atoms with Gasteiger partial charge in [0.2, 0.25) is 0 Å². The molecule has 0 aliphatic rings. The zero-order valence-corrected chi connectivity index (χ0v) is 11.7. The monoisotopic (exact) mass is 256 g/mol. The van der Waals surface area contributed by atoms with Gasteiger partial charge in [0, 0.05) is 7.11 Å². The first-order chi connectivity index (χ1) is 9.08. The third-order valence-corrected chi connectivity index (χ3v) is 3.59. The second-order valence-corrected chi connectivity index (χ2v) is 4.96. The van der Waals surface area contributed by atoms with Crippen LogP contribution in [0.15, 0.2) is 48.5 Å². The van der Waals surface area contributed by atoms with Crippen molar-refractivity contribution in [2.24, 2.45) is 0 Å². The zero-order chi connectivity index (χ0) is 13.9. The van der Waals surface area contributed by atoms with Crippen LogP contribution in [0.5, 0.6) is 0 Å². The van der Waals surface area contributed by atoms with Crippen molar-refractivity contribution in [1.82, 2.24) is 0 Å². The summed E-state index contributed by atoms with van der Waals surface area (Å²) in [6, 6.07) is 15.7. The predicted molar refractivity (Wildman–Crippen MR) is 77.2 cm³/mol. The number of aryl methyl sites for hydroxylation is 2. The lowest BCUT2D eigenvalue weighted by Crippen LogP contribution is -2.32. The molecule has 0 saturated carbocycles. The maximum absolute atomic E-state index is 11.0. The van der Waals surface area contributed by atoms with Crippen LogP contribution in [0.3, 0.4) is 0 Å². The zero-order valence-electron chi connectivity index (χ0n) is 11.7. The van der Waals surface area contributed by atoms with Crippen LogP contribution in [0.2, 0.25) is 0 Å². The lowest BCUT2D eigenvalue weighted by molar-refractivity contribution is -0.00332. The summed E-state index contributed by atoms with van der Waals surface area (Å²) in [4.78, 5) is 0. The van der Waals surface area contributed by atoms with Crippen molar-refractivity contribution in [3.63, 3.8) is 0 Å². The fourth-order valence-electron chi connectivity index (χ4n) is 2.25. The van der Waals surface area contributed by atoms with E-state index < -0.39 is 5.60 Å². The molecule has 2 rings (SSSR count). The number of methoxy groups -OCH3 is 1. The van der Waals surface area contributed by atoms with Gasteiger partial charge in [-0.05, 0) is 36.1 Å². The van der Waals surface area contributed by atoms with E-state index in [-0.39, 0.29) is 6.61 Å². The summed E-state index contributed by atoms with van der Waals surface area (Å²) < 4.78 is 5.24. The highest BCUT2D eigenvalue weighted by Crippen LogP contribution is 2.31. The van der Waals surface area contributed by atoms with E-state index in [9.17, 15) is 5.11 Å². The molecule has 0 saturated heterocycles. The predicted octanol–water partition coefficient (Wildman–Crippen LogP) is 3.19. The molecule has 2 aromatic rings. The Morgan fingerprint density at radius 2 is 1.63 bits per heavy atom. The Kier molecular flexibility index (Phi) is 4.03. The van der Waals surface area contributed by atoms with Gasteiger partial charge in [0.05, 0.1) is 6.61 Å². The standard InChI is InChI=1S/C17H20O2/c1-13-9-10-16(11-14(13)2)17(18,12-19-3)15-7-5-4-6-8-15/h4-11,18H,12H2,1-3H3. The van der Waals surface area contributed by atoms with Crippen LogP contribution in [0, 0.1) is 13.8 Å². The molecule has 19 heavy (non-hydrogen) atoms. The Morgan fingerprint density at radius 1 is 0.947 bits per heavy atom. The number of benzene rings is 2. The molecule has 2 nitrogen and oxygen atoms in total. The average Bonchev–Trinajstić information content (AvgIpc) is 2.43. The molecule has 1 unspecified atom stereocenters. The van der Waals surface area contributed by atoms with Crippen molar-refractivity contribution < 1.29 is 9.84 Å². The van der Waals surface area contributed by atoms with E-state index in [1.165, 1.54) is 11.1 Å². The van der Waals surface area contributed by atoms with E-state index in [0.717, 1.165) is 11.1 Å². The Bertz CT molecular complexity index is 548. The molecule has 0 aliphatic heterocycles. The van der Waals surface area contributed by atoms with Crippen molar-refractivity contribution in [2.45, 2.75) is 19.4 Å². The minimum Gasteiger partial charge on any atom is -0.381 e. The first kappa shape index (κ1) is 13.8. The van der Waals surface area contributed by atoms with Gasteiger partial charge in [0.1, 0.15) is 5.60 Å². The first-order valence-electron chi connectivity index (χ1n) is 6.42. The largest absolute Gasteiger partial charge is 0.381 e. The highest BCUT2D eigenvalue weighted by molar-refractivity contribution is 5.40. The summed E-state index contributed by atoms with van der Waals surface area (Å²) >= 11 is 0. The van der Waals surface area contributed by atoms with Crippen LogP contribution in [0.25, 0.3) is 0 Å². The number of rotatable bonds is 4. The molecular weight excluding hydrogens is 236 g/mol. The molecule has 0 amide bonds. The molecular formula is C17H20O2. The molecule has 2 heteroatoms. The number of aliphatic hydroxyl groups is 1. The van der Waals surface area contributed by atoms with Crippen molar-refractivity contribution in [1.29, 1.82) is 0 Å². The summed E-state index contributed by atoms with van der Waals surface area (Å²) in [7, 11) is 1.61.